The maximum absolute atomic E-state index is 11.6. The van der Waals surface area contributed by atoms with Crippen LogP contribution in [0.1, 0.15) is 12.8 Å². The summed E-state index contributed by atoms with van der Waals surface area (Å²) in [6.07, 6.45) is 4.07. The van der Waals surface area contributed by atoms with Crippen LogP contribution in [0.2, 0.25) is 0 Å². The van der Waals surface area contributed by atoms with E-state index in [1.807, 2.05) is 0 Å². The third-order valence-electron chi connectivity index (χ3n) is 1.84. The molecule has 0 aromatic rings. The lowest BCUT2D eigenvalue weighted by Crippen LogP contribution is -2.26. The molecular weight excluding hydrogens is 148 g/mol. The fourth-order valence-electron chi connectivity index (χ4n) is 1.24. The molecule has 0 saturated heterocycles. The van der Waals surface area contributed by atoms with Gasteiger partial charge in [0.05, 0.1) is 6.54 Å². The van der Waals surface area contributed by atoms with Gasteiger partial charge in [-0.25, -0.2) is 8.78 Å². The first-order chi connectivity index (χ1) is 5.29. The maximum atomic E-state index is 11.6. The first kappa shape index (κ1) is 8.65. The molecule has 0 radical (unpaired) electrons. The average Bonchev–Trinajstić information content (AvgIpc) is 2.39. The fourth-order valence-corrected chi connectivity index (χ4v) is 1.24. The Morgan fingerprint density at radius 3 is 2.55 bits per heavy atom. The summed E-state index contributed by atoms with van der Waals surface area (Å²) >= 11 is 0. The molecule has 0 aromatic heterocycles. The van der Waals surface area contributed by atoms with Gasteiger partial charge in [0, 0.05) is 0 Å². The molecule has 1 aliphatic carbocycles. The molecule has 1 aliphatic rings. The number of rotatable bonds is 4. The van der Waals surface area contributed by atoms with Crippen molar-refractivity contribution in [3.63, 3.8) is 0 Å². The van der Waals surface area contributed by atoms with E-state index in [1.54, 1.807) is 0 Å². The molecule has 3 heteroatoms. The minimum atomic E-state index is -2.22. The maximum Gasteiger partial charge on any atom is 0.250 e. The molecule has 0 fully saturated rings. The second-order valence-electron chi connectivity index (χ2n) is 2.86. The molecule has 0 atom stereocenters. The minimum Gasteiger partial charge on any atom is -0.311 e. The summed E-state index contributed by atoms with van der Waals surface area (Å²) in [7, 11) is 0. The van der Waals surface area contributed by atoms with Crippen molar-refractivity contribution in [2.24, 2.45) is 5.92 Å². The number of allylic oxidation sites excluding steroid dienone is 2. The van der Waals surface area contributed by atoms with E-state index in [9.17, 15) is 8.78 Å². The summed E-state index contributed by atoms with van der Waals surface area (Å²) in [5.74, 6) is 0.550. The van der Waals surface area contributed by atoms with Crippen LogP contribution >= 0.6 is 0 Å². The lowest BCUT2D eigenvalue weighted by molar-refractivity contribution is 0.144. The van der Waals surface area contributed by atoms with Crippen molar-refractivity contribution in [3.8, 4) is 0 Å². The van der Waals surface area contributed by atoms with Gasteiger partial charge in [-0.15, -0.1) is 0 Å². The largest absolute Gasteiger partial charge is 0.311 e. The monoisotopic (exact) mass is 161 g/mol. The predicted molar refractivity (Wildman–Crippen MR) is 40.7 cm³/mol. The van der Waals surface area contributed by atoms with E-state index in [1.165, 1.54) is 0 Å². The Labute approximate surface area is 65.5 Å². The van der Waals surface area contributed by atoms with Gasteiger partial charge in [0.1, 0.15) is 0 Å². The van der Waals surface area contributed by atoms with Gasteiger partial charge in [0.25, 0.3) is 6.43 Å². The molecule has 0 aliphatic heterocycles. The molecule has 0 saturated carbocycles. The Hall–Kier alpha value is -0.440. The van der Waals surface area contributed by atoms with Crippen LogP contribution in [0, 0.1) is 5.92 Å². The van der Waals surface area contributed by atoms with Crippen LogP contribution < -0.4 is 5.32 Å². The van der Waals surface area contributed by atoms with E-state index in [0.717, 1.165) is 19.4 Å². The van der Waals surface area contributed by atoms with Crippen LogP contribution in [-0.2, 0) is 0 Å². The molecular formula is C8H13F2N. The summed E-state index contributed by atoms with van der Waals surface area (Å²) in [4.78, 5) is 0. The van der Waals surface area contributed by atoms with Crippen molar-refractivity contribution >= 4 is 0 Å². The second kappa shape index (κ2) is 4.44. The normalized spacial score (nSPS) is 18.5. The van der Waals surface area contributed by atoms with Gasteiger partial charge in [-0.05, 0) is 25.3 Å². The van der Waals surface area contributed by atoms with Crippen molar-refractivity contribution in [1.29, 1.82) is 0 Å². The van der Waals surface area contributed by atoms with Crippen LogP contribution in [0.5, 0.6) is 0 Å². The summed E-state index contributed by atoms with van der Waals surface area (Å²) in [5.41, 5.74) is 0. The second-order valence-corrected chi connectivity index (χ2v) is 2.86. The van der Waals surface area contributed by atoms with E-state index in [-0.39, 0.29) is 6.54 Å². The van der Waals surface area contributed by atoms with Gasteiger partial charge >= 0.3 is 0 Å². The number of halogens is 2. The van der Waals surface area contributed by atoms with E-state index in [0.29, 0.717) is 5.92 Å². The molecule has 0 amide bonds. The molecule has 0 aromatic carbocycles. The molecule has 1 rings (SSSR count). The van der Waals surface area contributed by atoms with E-state index in [4.69, 9.17) is 0 Å². The van der Waals surface area contributed by atoms with Crippen molar-refractivity contribution in [1.82, 2.24) is 5.32 Å². The van der Waals surface area contributed by atoms with Crippen LogP contribution in [0.3, 0.4) is 0 Å². The standard InChI is InChI=1S/C8H13F2N/c9-8(10)6-11-5-7-3-1-2-4-7/h1-2,7-8,11H,3-6H2. The zero-order chi connectivity index (χ0) is 8.10. The summed E-state index contributed by atoms with van der Waals surface area (Å²) in [5, 5.41) is 2.74. The molecule has 0 unspecified atom stereocenters. The average molecular weight is 161 g/mol. The zero-order valence-electron chi connectivity index (χ0n) is 6.39. The highest BCUT2D eigenvalue weighted by molar-refractivity contribution is 4.94. The van der Waals surface area contributed by atoms with Gasteiger partial charge in [-0.1, -0.05) is 12.2 Å². The topological polar surface area (TPSA) is 12.0 Å². The van der Waals surface area contributed by atoms with E-state index in [2.05, 4.69) is 17.5 Å². The first-order valence-corrected chi connectivity index (χ1v) is 3.93. The van der Waals surface area contributed by atoms with Crippen molar-refractivity contribution in [2.75, 3.05) is 13.1 Å². The van der Waals surface area contributed by atoms with Crippen LogP contribution in [0.15, 0.2) is 12.2 Å². The molecule has 0 spiro atoms. The third-order valence-corrected chi connectivity index (χ3v) is 1.84. The minimum absolute atomic E-state index is 0.170. The number of hydrogen-bond donors (Lipinski definition) is 1. The van der Waals surface area contributed by atoms with Crippen molar-refractivity contribution in [3.05, 3.63) is 12.2 Å². The van der Waals surface area contributed by atoms with Crippen molar-refractivity contribution in [2.45, 2.75) is 19.3 Å². The third kappa shape index (κ3) is 3.46. The number of nitrogens with one attached hydrogen (secondary N) is 1. The molecule has 0 bridgehead atoms. The van der Waals surface area contributed by atoms with Gasteiger partial charge in [0.15, 0.2) is 0 Å². The fraction of sp³-hybridized carbons (Fsp3) is 0.750. The van der Waals surface area contributed by atoms with Crippen LogP contribution in [0.4, 0.5) is 8.78 Å². The Morgan fingerprint density at radius 2 is 2.00 bits per heavy atom. The lowest BCUT2D eigenvalue weighted by atomic mass is 10.1. The van der Waals surface area contributed by atoms with Gasteiger partial charge in [0.2, 0.25) is 0 Å². The summed E-state index contributed by atoms with van der Waals surface area (Å²) in [6.45, 7) is 0.549. The van der Waals surface area contributed by atoms with E-state index >= 15 is 0 Å². The lowest BCUT2D eigenvalue weighted by Gasteiger charge is -2.09. The molecule has 1 N–H and O–H groups in total. The smallest absolute Gasteiger partial charge is 0.250 e. The Bertz CT molecular complexity index is 126. The quantitative estimate of drug-likeness (QED) is 0.620. The van der Waals surface area contributed by atoms with Crippen LogP contribution in [0.25, 0.3) is 0 Å². The molecule has 0 heterocycles. The Morgan fingerprint density at radius 1 is 1.36 bits per heavy atom. The number of hydrogen-bond acceptors (Lipinski definition) is 1. The van der Waals surface area contributed by atoms with Gasteiger partial charge in [-0.2, -0.15) is 0 Å². The highest BCUT2D eigenvalue weighted by Crippen LogP contribution is 2.16. The summed E-state index contributed by atoms with van der Waals surface area (Å²) < 4.78 is 23.3. The molecule has 64 valence electrons. The highest BCUT2D eigenvalue weighted by Gasteiger charge is 2.10. The molecule has 11 heavy (non-hydrogen) atoms. The van der Waals surface area contributed by atoms with Gasteiger partial charge in [-0.3, -0.25) is 0 Å². The Kier molecular flexibility index (Phi) is 3.49. The predicted octanol–water partition coefficient (Wildman–Crippen LogP) is 1.81. The van der Waals surface area contributed by atoms with Crippen LogP contribution in [-0.4, -0.2) is 19.5 Å². The van der Waals surface area contributed by atoms with Crippen molar-refractivity contribution < 1.29 is 8.78 Å². The first-order valence-electron chi connectivity index (χ1n) is 3.93. The highest BCUT2D eigenvalue weighted by atomic mass is 19.3. The molecule has 1 nitrogen and oxygen atoms in total. The van der Waals surface area contributed by atoms with E-state index < -0.39 is 6.43 Å². The Balaban J connectivity index is 1.95. The summed E-state index contributed by atoms with van der Waals surface area (Å²) in [6, 6.07) is 0. The van der Waals surface area contributed by atoms with Gasteiger partial charge < -0.3 is 5.32 Å². The SMILES string of the molecule is FC(F)CNCC1CC=CC1. The zero-order valence-corrected chi connectivity index (χ0v) is 6.39. The number of alkyl halides is 2.